The molecule has 0 radical (unpaired) electrons. The van der Waals surface area contributed by atoms with Gasteiger partial charge < -0.3 is 0 Å². The van der Waals surface area contributed by atoms with E-state index in [0.29, 0.717) is 30.9 Å². The molecule has 4 aliphatic rings. The van der Waals surface area contributed by atoms with Gasteiger partial charge >= 0.3 is 251 Å². The Morgan fingerprint density at radius 3 is 2.70 bits per heavy atom. The molecule has 0 aromatic heterocycles. The molecule has 40 heavy (non-hydrogen) atoms. The first-order valence-corrected chi connectivity index (χ1v) is 17.5. The molecule has 6 atom stereocenters. The zero-order valence-corrected chi connectivity index (χ0v) is 26.7. The van der Waals surface area contributed by atoms with Crippen LogP contribution in [0.15, 0.2) is 62.2 Å². The van der Waals surface area contributed by atoms with Gasteiger partial charge in [0.25, 0.3) is 0 Å². The molecule has 0 aromatic carbocycles. The van der Waals surface area contributed by atoms with Gasteiger partial charge in [-0.2, -0.15) is 0 Å². The second-order valence-electron chi connectivity index (χ2n) is 12.7. The van der Waals surface area contributed by atoms with Crippen LogP contribution in [0.2, 0.25) is 0 Å². The van der Waals surface area contributed by atoms with Gasteiger partial charge in [0.05, 0.1) is 0 Å². The first-order valence-electron chi connectivity index (χ1n) is 14.9. The number of hydrogen-bond acceptors (Lipinski definition) is 6. The Labute approximate surface area is 250 Å². The summed E-state index contributed by atoms with van der Waals surface area (Å²) in [7, 11) is 0. The van der Waals surface area contributed by atoms with Crippen LogP contribution in [0.1, 0.15) is 79.1 Å². The number of ether oxygens (including phenoxy) is 1. The number of allylic oxidation sites excluding steroid dienone is 6. The monoisotopic (exact) mass is 664 g/mol. The fourth-order valence-corrected chi connectivity index (χ4v) is 8.79. The number of nitrogens with zero attached hydrogens (tertiary/aromatic N) is 1. The molecule has 7 nitrogen and oxygen atoms in total. The van der Waals surface area contributed by atoms with Gasteiger partial charge in [-0.25, -0.2) is 0 Å². The van der Waals surface area contributed by atoms with E-state index in [1.54, 1.807) is 0 Å². The van der Waals surface area contributed by atoms with Gasteiger partial charge in [-0.3, -0.25) is 0 Å². The number of nitrogens with one attached hydrogen (secondary N) is 2. The molecule has 4 rings (SSSR count). The summed E-state index contributed by atoms with van der Waals surface area (Å²) in [6, 6.07) is -0.355. The van der Waals surface area contributed by atoms with E-state index in [-0.39, 0.29) is 35.4 Å². The van der Waals surface area contributed by atoms with Crippen molar-refractivity contribution in [3.05, 3.63) is 62.0 Å². The second-order valence-corrected chi connectivity index (χ2v) is 15.8. The Kier molecular flexibility index (Phi) is 11.2. The third-order valence-electron chi connectivity index (χ3n) is 8.38. The summed E-state index contributed by atoms with van der Waals surface area (Å²) in [5.41, 5.74) is 2.87. The summed E-state index contributed by atoms with van der Waals surface area (Å²) < 4.78 is 8.17. The molecule has 0 fully saturated rings. The maximum absolute atomic E-state index is 13.5. The average molecular weight is 665 g/mol. The zero-order chi connectivity index (χ0) is 28.7. The molecule has 5 unspecified atom stereocenters. The Balaban J connectivity index is 1.45. The van der Waals surface area contributed by atoms with Crippen molar-refractivity contribution in [2.75, 3.05) is 11.0 Å². The zero-order valence-electron chi connectivity index (χ0n) is 24.5. The molecule has 0 bridgehead atoms. The van der Waals surface area contributed by atoms with E-state index in [1.807, 2.05) is 19.3 Å². The minimum absolute atomic E-state index is 0.00560. The number of carbonyl (C=O) groups excluding carboxylic acids is 1. The summed E-state index contributed by atoms with van der Waals surface area (Å²) in [6.07, 6.45) is 19.2. The fraction of sp³-hybridized carbons (Fsp3) is 0.656. The van der Waals surface area contributed by atoms with E-state index < -0.39 is 27.3 Å². The molecular weight excluding hydrogens is 617 g/mol. The first kappa shape index (κ1) is 31.2. The van der Waals surface area contributed by atoms with Gasteiger partial charge in [0.2, 0.25) is 0 Å². The fourth-order valence-electron chi connectivity index (χ4n) is 5.80. The van der Waals surface area contributed by atoms with Crippen LogP contribution in [0.5, 0.6) is 0 Å². The standard InChI is InChI=1S/C32H47IN3O4/c1-21-13-14-26(36-39)17-27(21)31(38)35-28(18-33-25-15-23-10-7-8-12-30(23)40-20-25)29(37)16-22-9-5-6-11-24(22)19-34-32(2,3)4/h7,9-11,14,20-21,23,27-30,34,37H,5-6,8,12-13,15-19H2,1-4H3,(H,35,38)/q-1/t21?,23?,27?,28?,29-,30?/m1/s1. The molecule has 3 N–H and O–H groups in total. The summed E-state index contributed by atoms with van der Waals surface area (Å²) in [5.74, 6) is 0.172. The number of alkyl halides is 1. The van der Waals surface area contributed by atoms with E-state index in [1.165, 1.54) is 14.7 Å². The van der Waals surface area contributed by atoms with Crippen LogP contribution in [-0.4, -0.2) is 45.8 Å². The third kappa shape index (κ3) is 8.86. The van der Waals surface area contributed by atoms with Crippen molar-refractivity contribution in [2.45, 2.75) is 103 Å². The number of aliphatic hydroxyl groups is 1. The average Bonchev–Trinajstić information content (AvgIpc) is 2.94. The van der Waals surface area contributed by atoms with Gasteiger partial charge in [-0.1, -0.05) is 0 Å². The molecule has 222 valence electrons. The third-order valence-corrected chi connectivity index (χ3v) is 11.4. The molecule has 0 aromatic rings. The molecule has 0 saturated heterocycles. The first-order chi connectivity index (χ1) is 19.1. The number of carbonyl (C=O) groups is 1. The second kappa shape index (κ2) is 14.4. The topological polar surface area (TPSA) is 100 Å². The SMILES string of the molecule is CC1CC=C(N=O)CC1C(=O)NC(C[I-]C1=COC2CCC=CC2C1)[C@H](O)CC1=CCCC=C1CNC(C)(C)C. The van der Waals surface area contributed by atoms with Crippen molar-refractivity contribution in [1.29, 1.82) is 0 Å². The number of fused-ring (bicyclic) bond motifs is 1. The normalized spacial score (nSPS) is 28.2. The van der Waals surface area contributed by atoms with E-state index in [2.05, 4.69) is 60.9 Å². The summed E-state index contributed by atoms with van der Waals surface area (Å²) in [5, 5.41) is 21.6. The predicted octanol–water partition coefficient (Wildman–Crippen LogP) is 2.64. The minimum atomic E-state index is -0.698. The Morgan fingerprint density at radius 2 is 1.95 bits per heavy atom. The van der Waals surface area contributed by atoms with Crippen LogP contribution in [0, 0.1) is 22.7 Å². The quantitative estimate of drug-likeness (QED) is 0.137. The maximum atomic E-state index is 13.5. The van der Waals surface area contributed by atoms with Crippen molar-refractivity contribution in [3.8, 4) is 0 Å². The Hall–Kier alpha value is -1.78. The number of nitroso groups, excluding NO2 is 1. The number of hydrogen-bond donors (Lipinski definition) is 3. The number of aliphatic hydroxyl groups excluding tert-OH is 1. The number of rotatable bonds is 11. The van der Waals surface area contributed by atoms with E-state index in [4.69, 9.17) is 4.74 Å². The molecular formula is C32H47IN3O4-. The van der Waals surface area contributed by atoms with Gasteiger partial charge in [0.15, 0.2) is 0 Å². The Morgan fingerprint density at radius 1 is 1.18 bits per heavy atom. The predicted molar refractivity (Wildman–Crippen MR) is 156 cm³/mol. The van der Waals surface area contributed by atoms with Crippen LogP contribution >= 0.6 is 0 Å². The van der Waals surface area contributed by atoms with Crippen molar-refractivity contribution in [3.63, 3.8) is 0 Å². The van der Waals surface area contributed by atoms with Gasteiger partial charge in [0.1, 0.15) is 0 Å². The molecule has 1 heterocycles. The molecule has 1 aliphatic heterocycles. The number of amides is 1. The van der Waals surface area contributed by atoms with E-state index in [0.717, 1.165) is 43.1 Å². The van der Waals surface area contributed by atoms with Crippen LogP contribution in [0.4, 0.5) is 0 Å². The van der Waals surface area contributed by atoms with Gasteiger partial charge in [-0.15, -0.1) is 0 Å². The van der Waals surface area contributed by atoms with Crippen molar-refractivity contribution in [2.24, 2.45) is 22.9 Å². The molecule has 3 aliphatic carbocycles. The van der Waals surface area contributed by atoms with E-state index >= 15 is 0 Å². The Bertz CT molecular complexity index is 1070. The summed E-state index contributed by atoms with van der Waals surface area (Å²) in [6.45, 7) is 9.29. The molecule has 0 spiro atoms. The molecule has 8 heteroatoms. The van der Waals surface area contributed by atoms with Crippen LogP contribution < -0.4 is 31.8 Å². The van der Waals surface area contributed by atoms with Crippen LogP contribution in [-0.2, 0) is 9.53 Å². The van der Waals surface area contributed by atoms with Gasteiger partial charge in [0, 0.05) is 0 Å². The van der Waals surface area contributed by atoms with Crippen molar-refractivity contribution >= 4 is 5.91 Å². The van der Waals surface area contributed by atoms with Crippen molar-refractivity contribution in [1.82, 2.24) is 10.6 Å². The van der Waals surface area contributed by atoms with E-state index in [9.17, 15) is 14.8 Å². The van der Waals surface area contributed by atoms with Crippen LogP contribution in [0.25, 0.3) is 0 Å². The van der Waals surface area contributed by atoms with Crippen molar-refractivity contribution < 1.29 is 35.8 Å². The van der Waals surface area contributed by atoms with Gasteiger partial charge in [-0.05, 0) is 0 Å². The molecule has 0 saturated carbocycles. The molecule has 1 amide bonds. The van der Waals surface area contributed by atoms with Crippen LogP contribution in [0.3, 0.4) is 0 Å². The summed E-state index contributed by atoms with van der Waals surface area (Å²) in [4.78, 5) is 24.7. The number of halogens is 1. The summed E-state index contributed by atoms with van der Waals surface area (Å²) >= 11 is -0.436.